The Morgan fingerprint density at radius 1 is 0.687 bits per heavy atom. The Bertz CT molecular complexity index is 1800. The van der Waals surface area contributed by atoms with Gasteiger partial charge in [-0.15, -0.1) is 0 Å². The number of phenols is 1. The average Bonchev–Trinajstić information content (AvgIpc) is 3.31. The lowest BCUT2D eigenvalue weighted by molar-refractivity contribution is -0.198. The van der Waals surface area contributed by atoms with Gasteiger partial charge >= 0.3 is 11.9 Å². The number of likely N-dealkylation sites (tertiary alicyclic amines) is 2. The molecule has 3 fully saturated rings. The molecule has 0 spiro atoms. The van der Waals surface area contributed by atoms with Gasteiger partial charge in [0.15, 0.2) is 5.41 Å². The third-order valence-electron chi connectivity index (χ3n) is 19.4. The summed E-state index contributed by atoms with van der Waals surface area (Å²) in [7, 11) is 0.671. The Kier molecular flexibility index (Phi) is 20.8. The minimum atomic E-state index is -3.68. The Balaban J connectivity index is 1.82. The molecule has 1 N–H and O–H groups in total. The van der Waals surface area contributed by atoms with E-state index in [2.05, 4.69) is 100 Å². The Hall–Kier alpha value is -2.17. The van der Waals surface area contributed by atoms with Gasteiger partial charge in [-0.1, -0.05) is 138 Å². The fraction of sp³-hybridized carbons (Fsp3) is 0.860. The minimum absolute atomic E-state index is 0.0131. The van der Waals surface area contributed by atoms with Crippen molar-refractivity contribution in [1.29, 1.82) is 0 Å². The number of hydrogen-bond donors (Lipinski definition) is 1. The second-order valence-electron chi connectivity index (χ2n) is 23.1. The number of aromatic hydroxyl groups is 1. The van der Waals surface area contributed by atoms with Crippen LogP contribution in [0.2, 0.25) is 0 Å². The van der Waals surface area contributed by atoms with E-state index in [1.807, 2.05) is 19.1 Å². The highest BCUT2D eigenvalue weighted by molar-refractivity contribution is 7.91. The molecule has 67 heavy (non-hydrogen) atoms. The Morgan fingerprint density at radius 2 is 1.13 bits per heavy atom. The van der Waals surface area contributed by atoms with Gasteiger partial charge in [0.2, 0.25) is 0 Å². The molecule has 386 valence electrons. The van der Waals surface area contributed by atoms with Crippen molar-refractivity contribution in [2.45, 2.75) is 271 Å². The van der Waals surface area contributed by atoms with Gasteiger partial charge in [0.1, 0.15) is 27.8 Å². The van der Waals surface area contributed by atoms with Gasteiger partial charge in [-0.3, -0.25) is 19.4 Å². The van der Waals surface area contributed by atoms with Crippen molar-refractivity contribution >= 4 is 21.8 Å². The van der Waals surface area contributed by atoms with E-state index >= 15 is 9.59 Å². The van der Waals surface area contributed by atoms with Gasteiger partial charge in [-0.2, -0.15) is 0 Å². The quantitative estimate of drug-likeness (QED) is 0.0581. The van der Waals surface area contributed by atoms with Crippen molar-refractivity contribution < 1.29 is 32.6 Å². The number of sulfone groups is 1. The topological polar surface area (TPSA) is 113 Å². The standard InChI is InChI=1S/C57H100N2O7S/c1-15-20-21-22-23-24-25-26-27-31-35-67(63,64)36-34-57(39-45-37-42(6)50(60)47(38-45)46-32-29-28-30-33-46,51(61)65-48-40-53(9,16-2)58(13)55(11,18-4)43(48)7)52(62)66-49-41-54(10,17-3)59(14)56(12,19-5)44(49)8/h37-38,43-44,46,48-49,60H,15-36,39-41H2,1-14H3. The van der Waals surface area contributed by atoms with Crippen molar-refractivity contribution in [3.63, 3.8) is 0 Å². The van der Waals surface area contributed by atoms with E-state index in [-0.39, 0.29) is 70.0 Å². The van der Waals surface area contributed by atoms with Crippen molar-refractivity contribution in [2.24, 2.45) is 17.3 Å². The maximum Gasteiger partial charge on any atom is 0.324 e. The van der Waals surface area contributed by atoms with E-state index in [1.54, 1.807) is 0 Å². The van der Waals surface area contributed by atoms with Gasteiger partial charge < -0.3 is 14.6 Å². The van der Waals surface area contributed by atoms with Gasteiger partial charge in [0.05, 0.1) is 11.5 Å². The van der Waals surface area contributed by atoms with Gasteiger partial charge in [0, 0.05) is 46.8 Å². The molecule has 3 aliphatic rings. The summed E-state index contributed by atoms with van der Waals surface area (Å²) in [4.78, 5) is 36.6. The number of carbonyl (C=O) groups is 2. The van der Waals surface area contributed by atoms with E-state index < -0.39 is 39.4 Å². The fourth-order valence-corrected chi connectivity index (χ4v) is 14.1. The number of rotatable bonds is 25. The van der Waals surface area contributed by atoms with E-state index in [0.717, 1.165) is 88.2 Å². The van der Waals surface area contributed by atoms with Crippen molar-refractivity contribution in [1.82, 2.24) is 9.80 Å². The number of aryl methyl sites for hydroxylation is 1. The molecule has 9 nitrogen and oxygen atoms in total. The smallest absolute Gasteiger partial charge is 0.324 e. The van der Waals surface area contributed by atoms with Crippen LogP contribution in [0.5, 0.6) is 5.75 Å². The van der Waals surface area contributed by atoms with Crippen molar-refractivity contribution in [2.75, 3.05) is 25.6 Å². The van der Waals surface area contributed by atoms with Crippen LogP contribution >= 0.6 is 0 Å². The summed E-state index contributed by atoms with van der Waals surface area (Å²) < 4.78 is 42.3. The summed E-state index contributed by atoms with van der Waals surface area (Å²) in [6, 6.07) is 3.88. The molecule has 0 radical (unpaired) electrons. The largest absolute Gasteiger partial charge is 0.507 e. The van der Waals surface area contributed by atoms with Crippen LogP contribution in [0.1, 0.15) is 240 Å². The number of ether oxygens (including phenoxy) is 2. The summed E-state index contributed by atoms with van der Waals surface area (Å²) in [6.07, 6.45) is 19.4. The molecule has 0 aromatic heterocycles. The molecule has 2 saturated heterocycles. The number of benzene rings is 1. The summed E-state index contributed by atoms with van der Waals surface area (Å²) in [5.41, 5.74) is -0.836. The SMILES string of the molecule is CCCCCCCCCCCCS(=O)(=O)CCC(Cc1cc(C)c(O)c(C2CCCCC2)c1)(C(=O)OC1CC(C)(CC)N(C)C(C)(CC)C1C)C(=O)OC1CC(C)(CC)N(C)C(C)(CC)C1C. The second kappa shape index (κ2) is 24.3. The molecule has 0 bridgehead atoms. The fourth-order valence-electron chi connectivity index (χ4n) is 12.6. The van der Waals surface area contributed by atoms with Crippen LogP contribution in [-0.2, 0) is 35.3 Å². The molecule has 4 rings (SSSR count). The minimum Gasteiger partial charge on any atom is -0.507 e. The number of unbranched alkanes of at least 4 members (excludes halogenated alkanes) is 9. The molecule has 1 saturated carbocycles. The van der Waals surface area contributed by atoms with Crippen LogP contribution < -0.4 is 0 Å². The summed E-state index contributed by atoms with van der Waals surface area (Å²) in [5, 5.41) is 11.5. The monoisotopic (exact) mass is 957 g/mol. The van der Waals surface area contributed by atoms with Crippen LogP contribution in [0.15, 0.2) is 12.1 Å². The number of esters is 2. The first-order valence-corrected chi connectivity index (χ1v) is 29.2. The predicted molar refractivity (Wildman–Crippen MR) is 278 cm³/mol. The first-order chi connectivity index (χ1) is 31.5. The number of carbonyl (C=O) groups excluding carboxylic acids is 2. The van der Waals surface area contributed by atoms with Crippen LogP contribution in [-0.4, -0.2) is 95.2 Å². The first kappa shape index (κ1) is 57.4. The molecule has 8 unspecified atom stereocenters. The number of phenolic OH excluding ortho intramolecular Hbond substituents is 1. The highest BCUT2D eigenvalue weighted by Gasteiger charge is 2.58. The second-order valence-corrected chi connectivity index (χ2v) is 25.4. The van der Waals surface area contributed by atoms with Crippen molar-refractivity contribution in [3.05, 3.63) is 28.8 Å². The molecular formula is C57H100N2O7S. The van der Waals surface area contributed by atoms with Gasteiger partial charge in [0.25, 0.3) is 0 Å². The maximum absolute atomic E-state index is 15.9. The Labute approximate surface area is 411 Å². The molecule has 1 aromatic rings. The first-order valence-electron chi connectivity index (χ1n) is 27.4. The van der Waals surface area contributed by atoms with Gasteiger partial charge in [-0.05, 0) is 129 Å². The maximum atomic E-state index is 15.9. The van der Waals surface area contributed by atoms with E-state index in [4.69, 9.17) is 9.47 Å². The molecule has 0 amide bonds. The molecule has 8 atom stereocenters. The number of nitrogens with zero attached hydrogens (tertiary/aromatic N) is 2. The highest BCUT2D eigenvalue weighted by Crippen LogP contribution is 2.49. The normalized spacial score (nSPS) is 31.1. The van der Waals surface area contributed by atoms with Crippen LogP contribution in [0.3, 0.4) is 0 Å². The van der Waals surface area contributed by atoms with Crippen molar-refractivity contribution in [3.8, 4) is 5.75 Å². The van der Waals surface area contributed by atoms with Gasteiger partial charge in [-0.25, -0.2) is 8.42 Å². The van der Waals surface area contributed by atoms with Crippen LogP contribution in [0, 0.1) is 24.2 Å². The third-order valence-corrected chi connectivity index (χ3v) is 21.1. The molecule has 1 aromatic carbocycles. The lowest BCUT2D eigenvalue weighted by Gasteiger charge is -2.59. The number of piperidine rings is 2. The average molecular weight is 958 g/mol. The molecule has 2 aliphatic heterocycles. The molecule has 2 heterocycles. The summed E-state index contributed by atoms with van der Waals surface area (Å²) in [6.45, 7) is 26.1. The Morgan fingerprint density at radius 3 is 1.57 bits per heavy atom. The zero-order chi connectivity index (χ0) is 50.0. The molecule has 10 heteroatoms. The lowest BCUT2D eigenvalue weighted by Crippen LogP contribution is -2.67. The number of hydrogen-bond acceptors (Lipinski definition) is 9. The summed E-state index contributed by atoms with van der Waals surface area (Å²) in [5.74, 6) is -1.40. The zero-order valence-electron chi connectivity index (χ0n) is 45.4. The van der Waals surface area contributed by atoms with E-state index in [9.17, 15) is 13.5 Å². The molecular weight excluding hydrogens is 857 g/mol. The summed E-state index contributed by atoms with van der Waals surface area (Å²) >= 11 is 0. The third kappa shape index (κ3) is 13.0. The lowest BCUT2D eigenvalue weighted by atomic mass is 9.68. The predicted octanol–water partition coefficient (Wildman–Crippen LogP) is 13.4. The van der Waals surface area contributed by atoms with E-state index in [1.165, 1.54) is 38.5 Å². The van der Waals surface area contributed by atoms with E-state index in [0.29, 0.717) is 24.8 Å². The molecule has 1 aliphatic carbocycles. The van der Waals surface area contributed by atoms with Crippen LogP contribution in [0.25, 0.3) is 0 Å². The zero-order valence-corrected chi connectivity index (χ0v) is 46.2. The van der Waals surface area contributed by atoms with Crippen LogP contribution in [0.4, 0.5) is 0 Å². The highest BCUT2D eigenvalue weighted by atomic mass is 32.2.